The van der Waals surface area contributed by atoms with Gasteiger partial charge in [0.25, 0.3) is 11.8 Å². The Balaban J connectivity index is 1.49. The van der Waals surface area contributed by atoms with Crippen LogP contribution in [0.1, 0.15) is 32.0 Å². The number of nitrogens with one attached hydrogen (secondary N) is 1. The molecule has 28 heavy (non-hydrogen) atoms. The number of hydroxylamine groups is 1. The first-order valence-electron chi connectivity index (χ1n) is 9.15. The minimum absolute atomic E-state index is 0.0314. The van der Waals surface area contributed by atoms with Gasteiger partial charge in [-0.3, -0.25) is 14.8 Å². The number of nitrogens with zero attached hydrogens (tertiary/aromatic N) is 2. The van der Waals surface area contributed by atoms with Crippen molar-refractivity contribution in [2.75, 3.05) is 6.54 Å². The summed E-state index contributed by atoms with van der Waals surface area (Å²) in [6, 6.07) is 17.6. The Morgan fingerprint density at radius 3 is 2.21 bits per heavy atom. The summed E-state index contributed by atoms with van der Waals surface area (Å²) in [6.07, 6.45) is 1.69. The molecule has 6 nitrogen and oxygen atoms in total. The molecule has 2 amide bonds. The average molecular weight is 375 g/mol. The van der Waals surface area contributed by atoms with Gasteiger partial charge < -0.3 is 9.47 Å². The summed E-state index contributed by atoms with van der Waals surface area (Å²) in [5.74, 6) is -0.581. The van der Waals surface area contributed by atoms with Gasteiger partial charge in [-0.05, 0) is 36.2 Å². The second kappa shape index (κ2) is 7.32. The molecule has 0 unspecified atom stereocenters. The van der Waals surface area contributed by atoms with Crippen LogP contribution in [0, 0.1) is 6.92 Å². The fourth-order valence-electron chi connectivity index (χ4n) is 3.49. The highest BCUT2D eigenvalue weighted by Crippen LogP contribution is 2.22. The van der Waals surface area contributed by atoms with Gasteiger partial charge >= 0.3 is 0 Å². The number of fused-ring (bicyclic) bond motifs is 1. The maximum atomic E-state index is 12.9. The van der Waals surface area contributed by atoms with E-state index in [9.17, 15) is 9.59 Å². The molecule has 2 heterocycles. The lowest BCUT2D eigenvalue weighted by molar-refractivity contribution is 0.0702. The molecule has 0 fully saturated rings. The second-order valence-corrected chi connectivity index (χ2v) is 7.02. The predicted octanol–water partition coefficient (Wildman–Crippen LogP) is 3.24. The third-order valence-corrected chi connectivity index (χ3v) is 5.12. The maximum Gasteiger partial charge on any atom is 0.276 e. The molecular formula is C22H21N3O3. The van der Waals surface area contributed by atoms with Crippen LogP contribution < -0.4 is 5.48 Å². The van der Waals surface area contributed by atoms with E-state index in [2.05, 4.69) is 31.2 Å². The van der Waals surface area contributed by atoms with Crippen LogP contribution in [-0.4, -0.2) is 33.0 Å². The fraction of sp³-hybridized carbons (Fsp3) is 0.182. The standard InChI is InChI=1S/C22H21N3O3/c1-15-2-4-16(5-3-15)17-6-8-18(9-7-17)22(27)25-11-10-24-13-19(21(26)23-28)12-20(24)14-25/h2-9,12-13,28H,10-11,14H2,1H3,(H,23,26). The molecule has 0 saturated heterocycles. The predicted molar refractivity (Wildman–Crippen MR) is 105 cm³/mol. The largest absolute Gasteiger partial charge is 0.347 e. The van der Waals surface area contributed by atoms with Gasteiger partial charge in [0.15, 0.2) is 0 Å². The molecule has 2 aromatic carbocycles. The normalized spacial score (nSPS) is 13.1. The van der Waals surface area contributed by atoms with Crippen molar-refractivity contribution in [2.24, 2.45) is 0 Å². The zero-order valence-electron chi connectivity index (χ0n) is 15.6. The first-order valence-corrected chi connectivity index (χ1v) is 9.15. The Morgan fingerprint density at radius 1 is 0.929 bits per heavy atom. The highest BCUT2D eigenvalue weighted by atomic mass is 16.5. The fourth-order valence-corrected chi connectivity index (χ4v) is 3.49. The summed E-state index contributed by atoms with van der Waals surface area (Å²) in [5, 5.41) is 8.78. The van der Waals surface area contributed by atoms with Gasteiger partial charge in [-0.25, -0.2) is 5.48 Å². The van der Waals surface area contributed by atoms with Crippen molar-refractivity contribution in [1.29, 1.82) is 0 Å². The van der Waals surface area contributed by atoms with Crippen molar-refractivity contribution < 1.29 is 14.8 Å². The molecule has 0 atom stereocenters. The Bertz CT molecular complexity index is 1020. The van der Waals surface area contributed by atoms with E-state index in [-0.39, 0.29) is 5.91 Å². The van der Waals surface area contributed by atoms with Crippen molar-refractivity contribution in [3.05, 3.63) is 83.2 Å². The number of benzene rings is 2. The lowest BCUT2D eigenvalue weighted by Crippen LogP contribution is -2.37. The molecule has 1 aliphatic heterocycles. The van der Waals surface area contributed by atoms with Crippen LogP contribution in [0.4, 0.5) is 0 Å². The summed E-state index contributed by atoms with van der Waals surface area (Å²) >= 11 is 0. The first kappa shape index (κ1) is 18.0. The second-order valence-electron chi connectivity index (χ2n) is 7.02. The summed E-state index contributed by atoms with van der Waals surface area (Å²) in [7, 11) is 0. The number of aromatic nitrogens is 1. The number of aryl methyl sites for hydroxylation is 1. The molecule has 142 valence electrons. The monoisotopic (exact) mass is 375 g/mol. The Labute approximate surface area is 163 Å². The van der Waals surface area contributed by atoms with Gasteiger partial charge in [0.2, 0.25) is 0 Å². The highest BCUT2D eigenvalue weighted by Gasteiger charge is 2.23. The minimum Gasteiger partial charge on any atom is -0.347 e. The molecule has 0 radical (unpaired) electrons. The summed E-state index contributed by atoms with van der Waals surface area (Å²) in [4.78, 5) is 26.3. The van der Waals surface area contributed by atoms with Gasteiger partial charge in [0, 0.05) is 30.5 Å². The molecule has 0 spiro atoms. The van der Waals surface area contributed by atoms with E-state index in [1.165, 1.54) is 5.56 Å². The van der Waals surface area contributed by atoms with E-state index >= 15 is 0 Å². The van der Waals surface area contributed by atoms with Gasteiger partial charge in [0.05, 0.1) is 12.1 Å². The van der Waals surface area contributed by atoms with Crippen molar-refractivity contribution in [2.45, 2.75) is 20.0 Å². The van der Waals surface area contributed by atoms with Crippen molar-refractivity contribution in [3.63, 3.8) is 0 Å². The summed E-state index contributed by atoms with van der Waals surface area (Å²) in [6.45, 7) is 3.67. The minimum atomic E-state index is -0.550. The number of carbonyl (C=O) groups is 2. The molecule has 3 aromatic rings. The lowest BCUT2D eigenvalue weighted by atomic mass is 10.0. The molecule has 2 N–H and O–H groups in total. The summed E-state index contributed by atoms with van der Waals surface area (Å²) in [5.41, 5.74) is 6.94. The smallest absolute Gasteiger partial charge is 0.276 e. The number of hydrogen-bond acceptors (Lipinski definition) is 3. The molecule has 0 aliphatic carbocycles. The molecule has 6 heteroatoms. The number of amides is 2. The zero-order valence-corrected chi connectivity index (χ0v) is 15.6. The van der Waals surface area contributed by atoms with E-state index in [0.29, 0.717) is 30.8 Å². The van der Waals surface area contributed by atoms with E-state index in [4.69, 9.17) is 5.21 Å². The molecule has 0 saturated carbocycles. The summed E-state index contributed by atoms with van der Waals surface area (Å²) < 4.78 is 1.94. The number of carbonyl (C=O) groups excluding carboxylic acids is 2. The molecule has 0 bridgehead atoms. The van der Waals surface area contributed by atoms with E-state index in [1.54, 1.807) is 22.6 Å². The maximum absolute atomic E-state index is 12.9. The van der Waals surface area contributed by atoms with Gasteiger partial charge in [-0.15, -0.1) is 0 Å². The third kappa shape index (κ3) is 3.42. The molecule has 1 aromatic heterocycles. The van der Waals surface area contributed by atoms with Gasteiger partial charge in [-0.2, -0.15) is 0 Å². The van der Waals surface area contributed by atoms with E-state index < -0.39 is 5.91 Å². The van der Waals surface area contributed by atoms with Crippen LogP contribution in [0.5, 0.6) is 0 Å². The van der Waals surface area contributed by atoms with Crippen LogP contribution in [-0.2, 0) is 13.1 Å². The molecule has 4 rings (SSSR count). The van der Waals surface area contributed by atoms with E-state index in [0.717, 1.165) is 16.8 Å². The Kier molecular flexibility index (Phi) is 4.71. The topological polar surface area (TPSA) is 74.6 Å². The van der Waals surface area contributed by atoms with Crippen LogP contribution in [0.2, 0.25) is 0 Å². The quantitative estimate of drug-likeness (QED) is 0.545. The number of hydrogen-bond donors (Lipinski definition) is 2. The highest BCUT2D eigenvalue weighted by molar-refractivity contribution is 5.95. The number of rotatable bonds is 3. The van der Waals surface area contributed by atoms with Crippen molar-refractivity contribution in [3.8, 4) is 11.1 Å². The van der Waals surface area contributed by atoms with Crippen molar-refractivity contribution in [1.82, 2.24) is 14.9 Å². The third-order valence-electron chi connectivity index (χ3n) is 5.12. The van der Waals surface area contributed by atoms with Crippen LogP contribution in [0.3, 0.4) is 0 Å². The average Bonchev–Trinajstić information content (AvgIpc) is 3.17. The van der Waals surface area contributed by atoms with Gasteiger partial charge in [-0.1, -0.05) is 42.0 Å². The van der Waals surface area contributed by atoms with Crippen molar-refractivity contribution >= 4 is 11.8 Å². The SMILES string of the molecule is Cc1ccc(-c2ccc(C(=O)N3CCn4cc(C(=O)NO)cc4C3)cc2)cc1. The first-order chi connectivity index (χ1) is 13.5. The molecular weight excluding hydrogens is 354 g/mol. The molecule has 1 aliphatic rings. The van der Waals surface area contributed by atoms with Crippen LogP contribution in [0.15, 0.2) is 60.8 Å². The van der Waals surface area contributed by atoms with E-state index in [1.807, 2.05) is 28.8 Å². The van der Waals surface area contributed by atoms with Gasteiger partial charge in [0.1, 0.15) is 0 Å². The zero-order chi connectivity index (χ0) is 19.7. The van der Waals surface area contributed by atoms with Crippen LogP contribution in [0.25, 0.3) is 11.1 Å². The van der Waals surface area contributed by atoms with Crippen LogP contribution >= 0.6 is 0 Å². The lowest BCUT2D eigenvalue weighted by Gasteiger charge is -2.28. The Hall–Kier alpha value is -3.38. The Morgan fingerprint density at radius 2 is 1.57 bits per heavy atom.